The first-order chi connectivity index (χ1) is 12.8. The Labute approximate surface area is 159 Å². The summed E-state index contributed by atoms with van der Waals surface area (Å²) in [5, 5.41) is 13.9. The highest BCUT2D eigenvalue weighted by atomic mass is 19.1. The Kier molecular flexibility index (Phi) is 5.44. The van der Waals surface area contributed by atoms with Gasteiger partial charge < -0.3 is 9.67 Å². The maximum absolute atomic E-state index is 13.3. The summed E-state index contributed by atoms with van der Waals surface area (Å²) in [5.41, 5.74) is 4.26. The highest BCUT2D eigenvalue weighted by Gasteiger charge is 2.18. The first kappa shape index (κ1) is 19.3. The number of hydrogen-bond acceptors (Lipinski definition) is 3. The molecule has 0 aliphatic heterocycles. The number of hydrogen-bond donors (Lipinski definition) is 2. The van der Waals surface area contributed by atoms with Crippen LogP contribution in [0, 0.1) is 5.82 Å². The van der Waals surface area contributed by atoms with Crippen LogP contribution in [-0.2, 0) is 6.54 Å². The van der Waals surface area contributed by atoms with E-state index in [1.54, 1.807) is 18.5 Å². The van der Waals surface area contributed by atoms with Gasteiger partial charge in [-0.3, -0.25) is 5.32 Å². The van der Waals surface area contributed by atoms with Crippen LogP contribution in [0.1, 0.15) is 39.5 Å². The van der Waals surface area contributed by atoms with Gasteiger partial charge in [0.15, 0.2) is 0 Å². The van der Waals surface area contributed by atoms with Gasteiger partial charge in [-0.1, -0.05) is 12.1 Å². The van der Waals surface area contributed by atoms with Crippen molar-refractivity contribution in [2.75, 3.05) is 0 Å². The average molecular weight is 367 g/mol. The second-order valence-corrected chi connectivity index (χ2v) is 7.71. The lowest BCUT2D eigenvalue weighted by Crippen LogP contribution is -2.38. The molecule has 27 heavy (non-hydrogen) atoms. The van der Waals surface area contributed by atoms with Gasteiger partial charge in [0.05, 0.1) is 18.2 Å². The van der Waals surface area contributed by atoms with Crippen LogP contribution in [0.15, 0.2) is 55.0 Å². The van der Waals surface area contributed by atoms with Gasteiger partial charge in [0.2, 0.25) is 0 Å². The molecule has 4 nitrogen and oxygen atoms in total. The Morgan fingerprint density at radius 2 is 1.74 bits per heavy atom. The number of aryl methyl sites for hydroxylation is 1. The van der Waals surface area contributed by atoms with E-state index in [2.05, 4.69) is 21.8 Å². The van der Waals surface area contributed by atoms with Crippen molar-refractivity contribution in [2.24, 2.45) is 0 Å². The maximum Gasteiger partial charge on any atom is 0.131 e. The van der Waals surface area contributed by atoms with Crippen LogP contribution in [0.25, 0.3) is 22.4 Å². The molecule has 0 fully saturated rings. The van der Waals surface area contributed by atoms with E-state index in [1.165, 1.54) is 12.1 Å². The molecule has 2 N–H and O–H groups in total. The molecular formula is C22H26FN3O. The molecule has 142 valence electrons. The zero-order chi connectivity index (χ0) is 19.6. The summed E-state index contributed by atoms with van der Waals surface area (Å²) in [5.74, 6) is -0.270. The van der Waals surface area contributed by atoms with E-state index in [1.807, 2.05) is 45.2 Å². The molecule has 1 heterocycles. The van der Waals surface area contributed by atoms with Gasteiger partial charge >= 0.3 is 0 Å². The number of halogens is 1. The second kappa shape index (κ2) is 7.62. The molecule has 0 saturated heterocycles. The second-order valence-electron chi connectivity index (χ2n) is 7.71. The van der Waals surface area contributed by atoms with Crippen LogP contribution < -0.4 is 5.32 Å². The molecule has 1 atom stereocenters. The molecule has 0 spiro atoms. The summed E-state index contributed by atoms with van der Waals surface area (Å²) >= 11 is 0. The highest BCUT2D eigenvalue weighted by molar-refractivity contribution is 5.73. The molecule has 2 aromatic carbocycles. The average Bonchev–Trinajstić information content (AvgIpc) is 3.09. The molecule has 0 aliphatic carbocycles. The first-order valence-electron chi connectivity index (χ1n) is 9.14. The van der Waals surface area contributed by atoms with Gasteiger partial charge in [0.25, 0.3) is 0 Å². The smallest absolute Gasteiger partial charge is 0.131 e. The lowest BCUT2D eigenvalue weighted by atomic mass is 9.97. The Hall–Kier alpha value is -2.50. The molecule has 0 aliphatic rings. The van der Waals surface area contributed by atoms with E-state index in [4.69, 9.17) is 0 Å². The summed E-state index contributed by atoms with van der Waals surface area (Å²) in [4.78, 5) is 4.25. The fraction of sp³-hybridized carbons (Fsp3) is 0.318. The topological polar surface area (TPSA) is 50.1 Å². The summed E-state index contributed by atoms with van der Waals surface area (Å²) < 4.78 is 15.4. The summed E-state index contributed by atoms with van der Waals surface area (Å²) in [6.45, 7) is 8.88. The lowest BCUT2D eigenvalue weighted by molar-refractivity contribution is 0.107. The Balaban J connectivity index is 2.11. The molecule has 0 radical (unpaired) electrons. The van der Waals surface area contributed by atoms with Crippen molar-refractivity contribution in [2.45, 2.75) is 46.0 Å². The predicted octanol–water partition coefficient (Wildman–Crippen LogP) is 4.76. The minimum absolute atomic E-state index is 0.239. The van der Waals surface area contributed by atoms with E-state index in [9.17, 15) is 9.50 Å². The van der Waals surface area contributed by atoms with Gasteiger partial charge in [-0.15, -0.1) is 0 Å². The quantitative estimate of drug-likeness (QED) is 0.640. The van der Waals surface area contributed by atoms with Crippen molar-refractivity contribution < 1.29 is 9.50 Å². The molecule has 1 aromatic heterocycles. The number of aromatic nitrogens is 2. The lowest BCUT2D eigenvalue weighted by Gasteiger charge is -2.26. The molecular weight excluding hydrogens is 341 g/mol. The number of aliphatic hydroxyl groups is 1. The molecule has 3 aromatic rings. The van der Waals surface area contributed by atoms with Crippen LogP contribution >= 0.6 is 0 Å². The largest absolute Gasteiger partial charge is 0.374 e. The summed E-state index contributed by atoms with van der Waals surface area (Å²) in [7, 11) is 0. The van der Waals surface area contributed by atoms with E-state index >= 15 is 0 Å². The standard InChI is InChI=1S/C22H26FN3O/c1-5-26-14-24-13-20(26)17-10-16(15-6-8-19(23)9-7-15)11-18(12-17)21(27)25-22(2,3)4/h6-14,21,25,27H,5H2,1-4H3. The molecule has 5 heteroatoms. The zero-order valence-electron chi connectivity index (χ0n) is 16.2. The number of aliphatic hydroxyl groups excluding tert-OH is 1. The fourth-order valence-electron chi connectivity index (χ4n) is 3.07. The van der Waals surface area contributed by atoms with Crippen molar-refractivity contribution in [3.63, 3.8) is 0 Å². The van der Waals surface area contributed by atoms with Crippen molar-refractivity contribution in [1.29, 1.82) is 0 Å². The van der Waals surface area contributed by atoms with E-state index in [-0.39, 0.29) is 11.4 Å². The normalized spacial score (nSPS) is 13.0. The third-order valence-electron chi connectivity index (χ3n) is 4.37. The molecule has 3 rings (SSSR count). The molecule has 1 unspecified atom stereocenters. The van der Waals surface area contributed by atoms with Crippen LogP contribution in [0.5, 0.6) is 0 Å². The minimum atomic E-state index is -0.817. The van der Waals surface area contributed by atoms with Crippen molar-refractivity contribution in [3.05, 3.63) is 66.4 Å². The van der Waals surface area contributed by atoms with Crippen molar-refractivity contribution >= 4 is 0 Å². The summed E-state index contributed by atoms with van der Waals surface area (Å²) in [6, 6.07) is 12.3. The fourth-order valence-corrected chi connectivity index (χ4v) is 3.07. The van der Waals surface area contributed by atoms with Gasteiger partial charge in [-0.05, 0) is 74.7 Å². The Morgan fingerprint density at radius 1 is 1.07 bits per heavy atom. The van der Waals surface area contributed by atoms with E-state index in [0.717, 1.165) is 34.5 Å². The monoisotopic (exact) mass is 367 g/mol. The zero-order valence-corrected chi connectivity index (χ0v) is 16.2. The van der Waals surface area contributed by atoms with E-state index in [0.29, 0.717) is 0 Å². The molecule has 0 amide bonds. The van der Waals surface area contributed by atoms with Crippen LogP contribution in [-0.4, -0.2) is 20.2 Å². The third-order valence-corrected chi connectivity index (χ3v) is 4.37. The van der Waals surface area contributed by atoms with Crippen LogP contribution in [0.3, 0.4) is 0 Å². The Morgan fingerprint density at radius 3 is 2.37 bits per heavy atom. The number of nitrogens with zero attached hydrogens (tertiary/aromatic N) is 2. The molecule has 0 bridgehead atoms. The SMILES string of the molecule is CCn1cncc1-c1cc(-c2ccc(F)cc2)cc(C(O)NC(C)(C)C)c1. The molecule has 0 saturated carbocycles. The first-order valence-corrected chi connectivity index (χ1v) is 9.14. The summed E-state index contributed by atoms with van der Waals surface area (Å²) in [6.07, 6.45) is 2.80. The van der Waals surface area contributed by atoms with E-state index < -0.39 is 6.23 Å². The van der Waals surface area contributed by atoms with Gasteiger partial charge in [0, 0.05) is 17.6 Å². The minimum Gasteiger partial charge on any atom is -0.374 e. The van der Waals surface area contributed by atoms with Crippen molar-refractivity contribution in [1.82, 2.24) is 14.9 Å². The van der Waals surface area contributed by atoms with Gasteiger partial charge in [-0.2, -0.15) is 0 Å². The third kappa shape index (κ3) is 4.62. The predicted molar refractivity (Wildman–Crippen MR) is 107 cm³/mol. The number of nitrogens with one attached hydrogen (secondary N) is 1. The van der Waals surface area contributed by atoms with Crippen LogP contribution in [0.2, 0.25) is 0 Å². The number of imidazole rings is 1. The van der Waals surface area contributed by atoms with Crippen molar-refractivity contribution in [3.8, 4) is 22.4 Å². The van der Waals surface area contributed by atoms with Crippen LogP contribution in [0.4, 0.5) is 4.39 Å². The van der Waals surface area contributed by atoms with Gasteiger partial charge in [0.1, 0.15) is 12.0 Å². The highest BCUT2D eigenvalue weighted by Crippen LogP contribution is 2.31. The number of rotatable bonds is 5. The number of benzene rings is 2. The maximum atomic E-state index is 13.3. The van der Waals surface area contributed by atoms with Gasteiger partial charge in [-0.25, -0.2) is 9.37 Å². The Bertz CT molecular complexity index is 910.